The molecule has 0 saturated heterocycles. The molecule has 8 heteroatoms. The molecule has 0 radical (unpaired) electrons. The Balaban J connectivity index is 3.27. The van der Waals surface area contributed by atoms with Crippen molar-refractivity contribution in [1.29, 1.82) is 0 Å². The summed E-state index contributed by atoms with van der Waals surface area (Å²) < 4.78 is 30.3. The van der Waals surface area contributed by atoms with Gasteiger partial charge in [0.1, 0.15) is 11.0 Å². The third kappa shape index (κ3) is 3.10. The number of Topliss-reactive ketones (excluding diaryl/α,β-unsaturated/α-hetero) is 1. The summed E-state index contributed by atoms with van der Waals surface area (Å²) in [5, 5.41) is 7.79. The molecule has 0 fully saturated rings. The van der Waals surface area contributed by atoms with E-state index in [1.54, 1.807) is 0 Å². The number of hydrogen-bond acceptors (Lipinski definition) is 4. The smallest absolute Gasteiger partial charge is 0.275 e. The second-order valence-corrected chi connectivity index (χ2v) is 5.86. The fourth-order valence-electron chi connectivity index (χ4n) is 1.09. The molecule has 0 amide bonds. The van der Waals surface area contributed by atoms with Crippen LogP contribution in [-0.4, -0.2) is 29.1 Å². The Kier molecular flexibility index (Phi) is 4.03. The molecule has 5 nitrogen and oxygen atoms in total. The number of carbonyl (C=O) groups excluding carboxylic acids is 1. The van der Waals surface area contributed by atoms with E-state index in [0.29, 0.717) is 0 Å². The van der Waals surface area contributed by atoms with Crippen molar-refractivity contribution in [1.82, 2.24) is 0 Å². The highest BCUT2D eigenvalue weighted by Gasteiger charge is 2.29. The van der Waals surface area contributed by atoms with Gasteiger partial charge in [-0.3, -0.25) is 9.35 Å². The van der Waals surface area contributed by atoms with Crippen LogP contribution in [0.1, 0.15) is 17.3 Å². The van der Waals surface area contributed by atoms with Gasteiger partial charge in [-0.25, -0.2) is 0 Å². The number of hydrogen-bond donors (Lipinski definition) is 2. The highest BCUT2D eigenvalue weighted by Crippen LogP contribution is 2.31. The van der Waals surface area contributed by atoms with Crippen LogP contribution in [0.15, 0.2) is 12.1 Å². The van der Waals surface area contributed by atoms with E-state index in [1.807, 2.05) is 0 Å². The average Bonchev–Trinajstić information content (AvgIpc) is 2.20. The summed E-state index contributed by atoms with van der Waals surface area (Å²) in [7, 11) is -4.53. The Morgan fingerprint density at radius 3 is 2.24 bits per heavy atom. The molecule has 2 N–H and O–H groups in total. The summed E-state index contributed by atoms with van der Waals surface area (Å²) in [6.45, 7) is 1.000. The van der Waals surface area contributed by atoms with Gasteiger partial charge in [0.2, 0.25) is 0 Å². The molecule has 0 unspecified atom stereocenters. The van der Waals surface area contributed by atoms with E-state index >= 15 is 0 Å². The van der Waals surface area contributed by atoms with Gasteiger partial charge >= 0.3 is 0 Å². The molecule has 1 aromatic carbocycles. The summed E-state index contributed by atoms with van der Waals surface area (Å²) in [5.41, 5.74) is -0.315. The van der Waals surface area contributed by atoms with Crippen LogP contribution in [0.4, 0.5) is 0 Å². The van der Waals surface area contributed by atoms with Gasteiger partial charge in [-0.2, -0.15) is 8.42 Å². The van der Waals surface area contributed by atoms with Gasteiger partial charge in [-0.05, 0) is 13.0 Å². The van der Waals surface area contributed by atoms with Gasteiger partial charge in [-0.1, -0.05) is 23.2 Å². The minimum Gasteiger partial charge on any atom is -0.507 e. The highest BCUT2D eigenvalue weighted by molar-refractivity contribution is 7.87. The van der Waals surface area contributed by atoms with Crippen LogP contribution in [0, 0.1) is 0 Å². The van der Waals surface area contributed by atoms with Crippen molar-refractivity contribution in [2.75, 3.05) is 0 Å². The van der Waals surface area contributed by atoms with Crippen molar-refractivity contribution >= 4 is 39.1 Å². The molecule has 94 valence electrons. The first-order chi connectivity index (χ1) is 7.64. The van der Waals surface area contributed by atoms with Crippen LogP contribution in [0.25, 0.3) is 0 Å². The maximum absolute atomic E-state index is 11.7. The van der Waals surface area contributed by atoms with Crippen molar-refractivity contribution < 1.29 is 22.9 Å². The summed E-state index contributed by atoms with van der Waals surface area (Å²) in [5.74, 6) is -1.47. The van der Waals surface area contributed by atoms with E-state index in [0.717, 1.165) is 19.1 Å². The van der Waals surface area contributed by atoms with Gasteiger partial charge in [0.05, 0.1) is 15.6 Å². The van der Waals surface area contributed by atoms with Crippen LogP contribution in [0.3, 0.4) is 0 Å². The first-order valence-corrected chi connectivity index (χ1v) is 6.59. The van der Waals surface area contributed by atoms with E-state index in [1.165, 1.54) is 0 Å². The second kappa shape index (κ2) is 4.81. The van der Waals surface area contributed by atoms with Crippen molar-refractivity contribution in [3.8, 4) is 5.75 Å². The Morgan fingerprint density at radius 2 is 1.76 bits per heavy atom. The first-order valence-electron chi connectivity index (χ1n) is 4.33. The number of phenolic OH excluding ortho intramolecular Hbond substituents is 1. The Labute approximate surface area is 108 Å². The molecule has 0 aliphatic carbocycles. The van der Waals surface area contributed by atoms with Gasteiger partial charge in [0.15, 0.2) is 5.78 Å². The molecular weight excluding hydrogens is 291 g/mol. The lowest BCUT2D eigenvalue weighted by molar-refractivity contribution is 0.0986. The SMILES string of the molecule is C[C@@H](C(=O)c1cc(Cl)c(Cl)cc1O)S(=O)(=O)O. The molecule has 0 bridgehead atoms. The van der Waals surface area contributed by atoms with E-state index in [-0.39, 0.29) is 15.6 Å². The van der Waals surface area contributed by atoms with Crippen molar-refractivity contribution in [3.63, 3.8) is 0 Å². The standard InChI is InChI=1S/C9H8Cl2O5S/c1-4(17(14,15)16)9(13)5-2-6(10)7(11)3-8(5)12/h2-4,12H,1H3,(H,14,15,16)/t4-/m0/s1. The molecular formula is C9H8Cl2O5S. The summed E-state index contributed by atoms with van der Waals surface area (Å²) in [6, 6.07) is 2.07. The predicted octanol–water partition coefficient (Wildman–Crippen LogP) is 2.16. The molecule has 1 rings (SSSR count). The van der Waals surface area contributed by atoms with Crippen molar-refractivity contribution in [3.05, 3.63) is 27.7 Å². The monoisotopic (exact) mass is 298 g/mol. The number of benzene rings is 1. The van der Waals surface area contributed by atoms with Gasteiger partial charge in [-0.15, -0.1) is 0 Å². The number of aromatic hydroxyl groups is 1. The zero-order chi connectivity index (χ0) is 13.4. The van der Waals surface area contributed by atoms with E-state index in [2.05, 4.69) is 0 Å². The zero-order valence-electron chi connectivity index (χ0n) is 8.52. The normalized spacial score (nSPS) is 13.4. The van der Waals surface area contributed by atoms with Gasteiger partial charge < -0.3 is 5.11 Å². The minimum absolute atomic E-state index is 0.00430. The van der Waals surface area contributed by atoms with Gasteiger partial charge in [0, 0.05) is 6.07 Å². The molecule has 0 heterocycles. The lowest BCUT2D eigenvalue weighted by Crippen LogP contribution is -2.26. The zero-order valence-corrected chi connectivity index (χ0v) is 10.8. The molecule has 0 spiro atoms. The number of rotatable bonds is 3. The summed E-state index contributed by atoms with van der Waals surface area (Å²) in [4.78, 5) is 11.7. The molecule has 0 saturated carbocycles. The molecule has 0 aliphatic heterocycles. The Bertz CT molecular complexity index is 567. The molecule has 0 aliphatic rings. The van der Waals surface area contributed by atoms with Crippen LogP contribution < -0.4 is 0 Å². The van der Waals surface area contributed by atoms with Crippen molar-refractivity contribution in [2.45, 2.75) is 12.2 Å². The van der Waals surface area contributed by atoms with Gasteiger partial charge in [0.25, 0.3) is 10.1 Å². The number of phenols is 1. The fraction of sp³-hybridized carbons (Fsp3) is 0.222. The third-order valence-electron chi connectivity index (χ3n) is 2.12. The van der Waals surface area contributed by atoms with Crippen LogP contribution in [-0.2, 0) is 10.1 Å². The second-order valence-electron chi connectivity index (χ2n) is 3.30. The lowest BCUT2D eigenvalue weighted by atomic mass is 10.1. The molecule has 1 aromatic rings. The van der Waals surface area contributed by atoms with Crippen molar-refractivity contribution in [2.24, 2.45) is 0 Å². The molecule has 0 aromatic heterocycles. The quantitative estimate of drug-likeness (QED) is 0.659. The Hall–Kier alpha value is -0.820. The lowest BCUT2D eigenvalue weighted by Gasteiger charge is -2.09. The number of halogens is 2. The summed E-state index contributed by atoms with van der Waals surface area (Å²) in [6.07, 6.45) is 0. The third-order valence-corrected chi connectivity index (χ3v) is 3.95. The summed E-state index contributed by atoms with van der Waals surface area (Å²) >= 11 is 11.2. The maximum atomic E-state index is 11.7. The predicted molar refractivity (Wildman–Crippen MR) is 63.5 cm³/mol. The van der Waals surface area contributed by atoms with E-state index in [9.17, 15) is 18.3 Å². The molecule has 17 heavy (non-hydrogen) atoms. The first kappa shape index (κ1) is 14.2. The van der Waals surface area contributed by atoms with Crippen LogP contribution in [0.5, 0.6) is 5.75 Å². The Morgan fingerprint density at radius 1 is 1.29 bits per heavy atom. The van der Waals surface area contributed by atoms with E-state index < -0.39 is 26.9 Å². The number of carbonyl (C=O) groups is 1. The maximum Gasteiger partial charge on any atom is 0.275 e. The average molecular weight is 299 g/mol. The topological polar surface area (TPSA) is 91.7 Å². The largest absolute Gasteiger partial charge is 0.507 e. The van der Waals surface area contributed by atoms with Crippen LogP contribution >= 0.6 is 23.2 Å². The fourth-order valence-corrected chi connectivity index (χ4v) is 1.81. The van der Waals surface area contributed by atoms with E-state index in [4.69, 9.17) is 27.8 Å². The highest BCUT2D eigenvalue weighted by atomic mass is 35.5. The minimum atomic E-state index is -4.53. The van der Waals surface area contributed by atoms with Crippen LogP contribution in [0.2, 0.25) is 10.0 Å². The number of ketones is 1. The molecule has 1 atom stereocenters.